The van der Waals surface area contributed by atoms with Gasteiger partial charge in [0, 0.05) is 30.9 Å². The third-order valence-corrected chi connectivity index (χ3v) is 2.56. The SMILES string of the molecule is O=C(CN(CCO)CCO)Nc1ccc([N+](=O)[O-])cc1. The second kappa shape index (κ2) is 8.20. The molecule has 0 bridgehead atoms. The zero-order valence-electron chi connectivity index (χ0n) is 10.9. The molecule has 1 amide bonds. The standard InChI is InChI=1S/C12H17N3O5/c16-7-5-14(6-8-17)9-12(18)13-10-1-3-11(4-2-10)15(19)20/h1-4,16-17H,5-9H2,(H,13,18). The van der Waals surface area contributed by atoms with E-state index in [0.29, 0.717) is 5.69 Å². The Morgan fingerprint density at radius 3 is 2.20 bits per heavy atom. The summed E-state index contributed by atoms with van der Waals surface area (Å²) < 4.78 is 0. The molecule has 1 aromatic rings. The molecule has 0 unspecified atom stereocenters. The summed E-state index contributed by atoms with van der Waals surface area (Å²) in [4.78, 5) is 23.3. The Bertz CT molecular complexity index is 443. The van der Waals surface area contributed by atoms with Gasteiger partial charge in [-0.3, -0.25) is 19.8 Å². The van der Waals surface area contributed by atoms with E-state index in [1.807, 2.05) is 0 Å². The van der Waals surface area contributed by atoms with Gasteiger partial charge in [0.25, 0.3) is 5.69 Å². The molecule has 1 aromatic carbocycles. The summed E-state index contributed by atoms with van der Waals surface area (Å²) >= 11 is 0. The molecule has 3 N–H and O–H groups in total. The van der Waals surface area contributed by atoms with Gasteiger partial charge in [-0.2, -0.15) is 0 Å². The quantitative estimate of drug-likeness (QED) is 0.450. The van der Waals surface area contributed by atoms with Crippen LogP contribution in [-0.2, 0) is 4.79 Å². The maximum atomic E-state index is 11.7. The lowest BCUT2D eigenvalue weighted by molar-refractivity contribution is -0.384. The number of amides is 1. The highest BCUT2D eigenvalue weighted by Crippen LogP contribution is 2.15. The zero-order valence-corrected chi connectivity index (χ0v) is 10.9. The van der Waals surface area contributed by atoms with Crippen molar-refractivity contribution >= 4 is 17.3 Å². The van der Waals surface area contributed by atoms with Gasteiger partial charge in [-0.25, -0.2) is 0 Å². The van der Waals surface area contributed by atoms with Crippen molar-refractivity contribution < 1.29 is 19.9 Å². The van der Waals surface area contributed by atoms with E-state index in [1.165, 1.54) is 24.3 Å². The van der Waals surface area contributed by atoms with Crippen molar-refractivity contribution in [1.29, 1.82) is 0 Å². The molecule has 8 nitrogen and oxygen atoms in total. The Balaban J connectivity index is 2.54. The number of nitro groups is 1. The minimum Gasteiger partial charge on any atom is -0.395 e. The molecule has 1 rings (SSSR count). The van der Waals surface area contributed by atoms with E-state index >= 15 is 0 Å². The molecule has 0 radical (unpaired) electrons. The molecule has 0 spiro atoms. The number of hydrogen-bond acceptors (Lipinski definition) is 6. The smallest absolute Gasteiger partial charge is 0.269 e. The second-order valence-electron chi connectivity index (χ2n) is 4.08. The molecule has 0 atom stereocenters. The lowest BCUT2D eigenvalue weighted by Gasteiger charge is -2.19. The number of carbonyl (C=O) groups excluding carboxylic acids is 1. The molecule has 0 saturated carbocycles. The maximum absolute atomic E-state index is 11.7. The zero-order chi connectivity index (χ0) is 15.0. The van der Waals surface area contributed by atoms with Crippen LogP contribution in [0.3, 0.4) is 0 Å². The van der Waals surface area contributed by atoms with E-state index in [2.05, 4.69) is 5.32 Å². The van der Waals surface area contributed by atoms with Crippen LogP contribution in [0.4, 0.5) is 11.4 Å². The van der Waals surface area contributed by atoms with Crippen molar-refractivity contribution in [3.63, 3.8) is 0 Å². The van der Waals surface area contributed by atoms with E-state index in [-0.39, 0.29) is 44.4 Å². The molecular weight excluding hydrogens is 266 g/mol. The lowest BCUT2D eigenvalue weighted by atomic mass is 10.3. The normalized spacial score (nSPS) is 10.6. The molecule has 110 valence electrons. The second-order valence-corrected chi connectivity index (χ2v) is 4.08. The Morgan fingerprint density at radius 1 is 1.20 bits per heavy atom. The number of nitrogens with zero attached hydrogens (tertiary/aromatic N) is 2. The van der Waals surface area contributed by atoms with Gasteiger partial charge in [0.15, 0.2) is 0 Å². The van der Waals surface area contributed by atoms with Crippen LogP contribution in [-0.4, -0.2) is 58.8 Å². The molecule has 0 aromatic heterocycles. The molecule has 20 heavy (non-hydrogen) atoms. The first-order chi connectivity index (χ1) is 9.56. The minimum absolute atomic E-state index is 0.0259. The number of hydrogen-bond donors (Lipinski definition) is 3. The van der Waals surface area contributed by atoms with Crippen LogP contribution in [0.15, 0.2) is 24.3 Å². The average Bonchev–Trinajstić information content (AvgIpc) is 2.39. The average molecular weight is 283 g/mol. The summed E-state index contributed by atoms with van der Waals surface area (Å²) in [7, 11) is 0. The monoisotopic (exact) mass is 283 g/mol. The first-order valence-electron chi connectivity index (χ1n) is 6.05. The maximum Gasteiger partial charge on any atom is 0.269 e. The Hall–Kier alpha value is -2.03. The van der Waals surface area contributed by atoms with Crippen molar-refractivity contribution in [1.82, 2.24) is 4.90 Å². The van der Waals surface area contributed by atoms with Gasteiger partial charge in [0.2, 0.25) is 5.91 Å². The van der Waals surface area contributed by atoms with Gasteiger partial charge in [-0.15, -0.1) is 0 Å². The minimum atomic E-state index is -0.518. The molecule has 0 saturated heterocycles. The van der Waals surface area contributed by atoms with E-state index in [9.17, 15) is 14.9 Å². The Morgan fingerprint density at radius 2 is 1.75 bits per heavy atom. The number of nitro benzene ring substituents is 1. The molecular formula is C12H17N3O5. The van der Waals surface area contributed by atoms with E-state index in [0.717, 1.165) is 0 Å². The molecule has 0 aliphatic carbocycles. The van der Waals surface area contributed by atoms with Gasteiger partial charge in [0.1, 0.15) is 0 Å². The summed E-state index contributed by atoms with van der Waals surface area (Å²) in [6.07, 6.45) is 0. The van der Waals surface area contributed by atoms with Crippen molar-refractivity contribution in [3.8, 4) is 0 Å². The van der Waals surface area contributed by atoms with Crippen molar-refractivity contribution in [2.24, 2.45) is 0 Å². The number of rotatable bonds is 8. The summed E-state index contributed by atoms with van der Waals surface area (Å²) in [5, 5.41) is 30.7. The lowest BCUT2D eigenvalue weighted by Crippen LogP contribution is -2.37. The van der Waals surface area contributed by atoms with Crippen LogP contribution in [0.2, 0.25) is 0 Å². The molecule has 0 heterocycles. The van der Waals surface area contributed by atoms with Crippen LogP contribution in [0.1, 0.15) is 0 Å². The fourth-order valence-electron chi connectivity index (χ4n) is 1.62. The molecule has 0 aliphatic heterocycles. The molecule has 8 heteroatoms. The fourth-order valence-corrected chi connectivity index (χ4v) is 1.62. The first kappa shape index (κ1) is 16.0. The third-order valence-electron chi connectivity index (χ3n) is 2.56. The third kappa shape index (κ3) is 5.31. The van der Waals surface area contributed by atoms with Gasteiger partial charge in [-0.05, 0) is 12.1 Å². The number of nitrogens with one attached hydrogen (secondary N) is 1. The predicted octanol–water partition coefficient (Wildman–Crippen LogP) is -0.180. The summed E-state index contributed by atoms with van der Waals surface area (Å²) in [5.74, 6) is -0.319. The highest BCUT2D eigenvalue weighted by Gasteiger charge is 2.11. The van der Waals surface area contributed by atoms with Crippen LogP contribution in [0.5, 0.6) is 0 Å². The first-order valence-corrected chi connectivity index (χ1v) is 6.05. The molecule has 0 aliphatic rings. The van der Waals surface area contributed by atoms with Gasteiger partial charge in [0.05, 0.1) is 24.7 Å². The van der Waals surface area contributed by atoms with Crippen LogP contribution in [0, 0.1) is 10.1 Å². The van der Waals surface area contributed by atoms with E-state index in [1.54, 1.807) is 4.90 Å². The summed E-state index contributed by atoms with van der Waals surface area (Å²) in [6.45, 7) is 0.385. The van der Waals surface area contributed by atoms with Gasteiger partial charge < -0.3 is 15.5 Å². The number of non-ortho nitro benzene ring substituents is 1. The topological polar surface area (TPSA) is 116 Å². The number of aliphatic hydroxyl groups is 2. The van der Waals surface area contributed by atoms with Crippen molar-refractivity contribution in [2.75, 3.05) is 38.2 Å². The fraction of sp³-hybridized carbons (Fsp3) is 0.417. The predicted molar refractivity (Wildman–Crippen MR) is 72.3 cm³/mol. The Labute approximate surface area is 115 Å². The van der Waals surface area contributed by atoms with Crippen LogP contribution >= 0.6 is 0 Å². The van der Waals surface area contributed by atoms with E-state index in [4.69, 9.17) is 10.2 Å². The van der Waals surface area contributed by atoms with Crippen molar-refractivity contribution in [2.45, 2.75) is 0 Å². The largest absolute Gasteiger partial charge is 0.395 e. The van der Waals surface area contributed by atoms with Gasteiger partial charge in [-0.1, -0.05) is 0 Å². The molecule has 0 fully saturated rings. The van der Waals surface area contributed by atoms with Crippen molar-refractivity contribution in [3.05, 3.63) is 34.4 Å². The van der Waals surface area contributed by atoms with Gasteiger partial charge >= 0.3 is 0 Å². The number of carbonyl (C=O) groups is 1. The highest BCUT2D eigenvalue weighted by molar-refractivity contribution is 5.92. The van der Waals surface area contributed by atoms with E-state index < -0.39 is 4.92 Å². The van der Waals surface area contributed by atoms with Crippen LogP contribution in [0.25, 0.3) is 0 Å². The number of anilines is 1. The summed E-state index contributed by atoms with van der Waals surface area (Å²) in [5.41, 5.74) is 0.402. The van der Waals surface area contributed by atoms with Crippen LogP contribution < -0.4 is 5.32 Å². The highest BCUT2D eigenvalue weighted by atomic mass is 16.6. The summed E-state index contributed by atoms with van der Waals surface area (Å²) in [6, 6.07) is 5.49. The number of benzene rings is 1. The Kier molecular flexibility index (Phi) is 6.57. The number of aliphatic hydroxyl groups excluding tert-OH is 2.